The Bertz CT molecular complexity index is 3180. The number of carbonyl (C=O) groups is 1. The van der Waals surface area contributed by atoms with E-state index in [0.717, 1.165) is 105 Å². The monoisotopic (exact) mass is 816 g/mol. The second-order valence-electron chi connectivity index (χ2n) is 15.5. The summed E-state index contributed by atoms with van der Waals surface area (Å²) in [5.41, 5.74) is 19.7. The first-order valence-corrected chi connectivity index (χ1v) is 21.4. The molecule has 0 saturated heterocycles. The fourth-order valence-corrected chi connectivity index (χ4v) is 8.71. The summed E-state index contributed by atoms with van der Waals surface area (Å²) in [5.74, 6) is 6.60. The number of nitrogens with one attached hydrogen (secondary N) is 2. The number of thioether (sulfide) groups is 1. The van der Waals surface area contributed by atoms with Crippen molar-refractivity contribution in [3.05, 3.63) is 197 Å². The highest BCUT2D eigenvalue weighted by atomic mass is 32.2. The number of aromatic amines is 2. The first-order valence-electron chi connectivity index (χ1n) is 20.6. The molecule has 3 aromatic heterocycles. The summed E-state index contributed by atoms with van der Waals surface area (Å²) in [5, 5.41) is 0.0609. The van der Waals surface area contributed by atoms with Crippen molar-refractivity contribution in [1.29, 1.82) is 0 Å². The molecule has 2 aliphatic rings. The molecule has 8 bridgehead atoms. The van der Waals surface area contributed by atoms with Crippen molar-refractivity contribution in [2.75, 3.05) is 0 Å². The maximum Gasteiger partial charge on any atom is 0.190 e. The number of nitrogens with zero attached hydrogens (tertiary/aromatic N) is 2. The molecule has 8 aromatic rings. The molecule has 296 valence electrons. The minimum atomic E-state index is 0.0609. The summed E-state index contributed by atoms with van der Waals surface area (Å²) in [4.78, 5) is 31.0. The van der Waals surface area contributed by atoms with Crippen LogP contribution in [0.1, 0.15) is 52.0 Å². The molecule has 0 unspecified atom stereocenters. The molecule has 0 fully saturated rings. The number of rotatable bonds is 5. The van der Waals surface area contributed by atoms with Gasteiger partial charge in [-0.05, 0) is 121 Å². The van der Waals surface area contributed by atoms with E-state index in [0.29, 0.717) is 0 Å². The number of hydrogen-bond acceptors (Lipinski definition) is 4. The largest absolute Gasteiger partial charge is 0.354 e. The van der Waals surface area contributed by atoms with Crippen molar-refractivity contribution in [1.82, 2.24) is 19.9 Å². The lowest BCUT2D eigenvalue weighted by Crippen LogP contribution is -1.91. The predicted molar refractivity (Wildman–Crippen MR) is 259 cm³/mol. The van der Waals surface area contributed by atoms with E-state index in [1.807, 2.05) is 24.3 Å². The fourth-order valence-electron chi connectivity index (χ4n) is 8.10. The Balaban J connectivity index is 1.23. The number of carbonyl (C=O) groups excluding carboxylic acids is 1. The lowest BCUT2D eigenvalue weighted by Gasteiger charge is -2.07. The number of aryl methyl sites for hydroxylation is 2. The zero-order chi connectivity index (χ0) is 42.2. The second-order valence-corrected chi connectivity index (χ2v) is 16.8. The van der Waals surface area contributed by atoms with Gasteiger partial charge >= 0.3 is 0 Å². The molecule has 0 spiro atoms. The third-order valence-corrected chi connectivity index (χ3v) is 11.9. The normalized spacial score (nSPS) is 11.7. The van der Waals surface area contributed by atoms with E-state index >= 15 is 0 Å². The van der Waals surface area contributed by atoms with Gasteiger partial charge in [0.15, 0.2) is 5.12 Å². The van der Waals surface area contributed by atoms with Gasteiger partial charge in [-0.15, -0.1) is 0 Å². The smallest absolute Gasteiger partial charge is 0.190 e. The predicted octanol–water partition coefficient (Wildman–Crippen LogP) is 14.0. The zero-order valence-electron chi connectivity index (χ0n) is 34.5. The molecule has 0 aliphatic carbocycles. The minimum absolute atomic E-state index is 0.0609. The van der Waals surface area contributed by atoms with E-state index in [1.165, 1.54) is 22.9 Å². The van der Waals surface area contributed by atoms with Crippen molar-refractivity contribution < 1.29 is 4.79 Å². The van der Waals surface area contributed by atoms with E-state index in [9.17, 15) is 4.79 Å². The average Bonchev–Trinajstić information content (AvgIpc) is 4.14. The van der Waals surface area contributed by atoms with Crippen molar-refractivity contribution in [3.8, 4) is 56.3 Å². The number of fused-ring (bicyclic) bond motifs is 8. The molecule has 0 amide bonds. The molecule has 5 heterocycles. The molecule has 10 rings (SSSR count). The summed E-state index contributed by atoms with van der Waals surface area (Å²) in [6.07, 6.45) is 8.46. The molecular weight excluding hydrogens is 777 g/mol. The number of benzene rings is 5. The van der Waals surface area contributed by atoms with Crippen LogP contribution in [0, 0.1) is 25.7 Å². The molecular formula is C56H40N4OS. The maximum atomic E-state index is 11.5. The summed E-state index contributed by atoms with van der Waals surface area (Å²) < 4.78 is 0. The van der Waals surface area contributed by atoms with Crippen LogP contribution in [0.15, 0.2) is 157 Å². The third-order valence-electron chi connectivity index (χ3n) is 11.1. The van der Waals surface area contributed by atoms with E-state index < -0.39 is 0 Å². The molecule has 0 saturated carbocycles. The van der Waals surface area contributed by atoms with Gasteiger partial charge in [0, 0.05) is 67.3 Å². The van der Waals surface area contributed by atoms with Gasteiger partial charge in [0.25, 0.3) is 0 Å². The average molecular weight is 817 g/mol. The molecule has 6 heteroatoms. The molecule has 0 radical (unpaired) electrons. The van der Waals surface area contributed by atoms with Crippen LogP contribution in [-0.2, 0) is 4.79 Å². The van der Waals surface area contributed by atoms with Gasteiger partial charge in [-0.3, -0.25) is 4.79 Å². The SMILES string of the molecule is CC(=O)Sc1ccc(C#Cc2ccc(-c3c4nc(c(-c5ccc(C)cc5)c5ccc([nH]5)c(-c5ccccc5)c5ccc([nH]5)c(-c5ccc(C)cc5)c5nc3C=C5)C=C4)cc2)cc1. The van der Waals surface area contributed by atoms with Crippen LogP contribution >= 0.6 is 11.8 Å². The van der Waals surface area contributed by atoms with Crippen molar-refractivity contribution in [2.24, 2.45) is 0 Å². The van der Waals surface area contributed by atoms with E-state index in [2.05, 4.69) is 187 Å². The van der Waals surface area contributed by atoms with Crippen LogP contribution in [0.3, 0.4) is 0 Å². The highest BCUT2D eigenvalue weighted by molar-refractivity contribution is 8.13. The summed E-state index contributed by atoms with van der Waals surface area (Å²) in [6, 6.07) is 52.6. The van der Waals surface area contributed by atoms with Gasteiger partial charge in [-0.25, -0.2) is 9.97 Å². The zero-order valence-corrected chi connectivity index (χ0v) is 35.3. The van der Waals surface area contributed by atoms with Gasteiger partial charge in [0.05, 0.1) is 22.8 Å². The molecule has 62 heavy (non-hydrogen) atoms. The molecule has 5 aromatic carbocycles. The minimum Gasteiger partial charge on any atom is -0.354 e. The topological polar surface area (TPSA) is 74.4 Å². The first kappa shape index (κ1) is 38.5. The second kappa shape index (κ2) is 16.4. The number of hydrogen-bond donors (Lipinski definition) is 2. The van der Waals surface area contributed by atoms with Crippen LogP contribution < -0.4 is 0 Å². The molecule has 0 atom stereocenters. The Morgan fingerprint density at radius 2 is 0.806 bits per heavy atom. The Morgan fingerprint density at radius 3 is 1.26 bits per heavy atom. The highest BCUT2D eigenvalue weighted by Gasteiger charge is 2.19. The van der Waals surface area contributed by atoms with Gasteiger partial charge in [-0.2, -0.15) is 0 Å². The lowest BCUT2D eigenvalue weighted by molar-refractivity contribution is -0.109. The summed E-state index contributed by atoms with van der Waals surface area (Å²) in [7, 11) is 0. The van der Waals surface area contributed by atoms with Gasteiger partial charge in [-0.1, -0.05) is 126 Å². The quantitative estimate of drug-likeness (QED) is 0.134. The molecule has 2 N–H and O–H groups in total. The van der Waals surface area contributed by atoms with Crippen molar-refractivity contribution in [2.45, 2.75) is 25.7 Å². The standard InChI is InChI=1S/C56H40N4OS/c1-35-9-19-41(20-10-35)54-47-29-27-45(57-47)53(40-7-5-4-6-8-40)46-28-30-48(58-46)55(42-21-11-36(2)12-22-42)50-32-34-52(60-50)56(51-33-31-49(54)59-51)43-23-15-38(16-24-43)13-14-39-17-25-44(26-18-39)62-37(3)61/h4-12,15-34,57-58H,1-3H3. The van der Waals surface area contributed by atoms with Gasteiger partial charge in [0.1, 0.15) is 0 Å². The number of aromatic nitrogens is 4. The van der Waals surface area contributed by atoms with Crippen molar-refractivity contribution in [3.63, 3.8) is 0 Å². The van der Waals surface area contributed by atoms with E-state index in [1.54, 1.807) is 6.92 Å². The fraction of sp³-hybridized carbons (Fsp3) is 0.0536. The Kier molecular flexibility index (Phi) is 10.2. The summed E-state index contributed by atoms with van der Waals surface area (Å²) in [6.45, 7) is 5.79. The van der Waals surface area contributed by atoms with Crippen LogP contribution in [0.4, 0.5) is 0 Å². The van der Waals surface area contributed by atoms with Gasteiger partial charge in [0.2, 0.25) is 0 Å². The Labute approximate surface area is 365 Å². The van der Waals surface area contributed by atoms with Crippen LogP contribution in [0.2, 0.25) is 0 Å². The Hall–Kier alpha value is -7.72. The van der Waals surface area contributed by atoms with E-state index in [-0.39, 0.29) is 5.12 Å². The summed E-state index contributed by atoms with van der Waals surface area (Å²) >= 11 is 1.22. The molecule has 5 nitrogen and oxygen atoms in total. The van der Waals surface area contributed by atoms with Crippen molar-refractivity contribution >= 4 is 63.2 Å². The first-order chi connectivity index (χ1) is 30.3. The Morgan fingerprint density at radius 1 is 0.435 bits per heavy atom. The third kappa shape index (κ3) is 7.74. The maximum absolute atomic E-state index is 11.5. The number of H-pyrrole nitrogens is 2. The molecule has 2 aliphatic heterocycles. The lowest BCUT2D eigenvalue weighted by atomic mass is 10.0. The van der Waals surface area contributed by atoms with Gasteiger partial charge < -0.3 is 9.97 Å². The van der Waals surface area contributed by atoms with Crippen LogP contribution in [0.25, 0.3) is 90.9 Å². The van der Waals surface area contributed by atoms with Crippen LogP contribution in [-0.4, -0.2) is 25.1 Å². The van der Waals surface area contributed by atoms with E-state index in [4.69, 9.17) is 9.97 Å². The van der Waals surface area contributed by atoms with Crippen LogP contribution in [0.5, 0.6) is 0 Å². The highest BCUT2D eigenvalue weighted by Crippen LogP contribution is 2.38.